The third-order valence-corrected chi connectivity index (χ3v) is 7.57. The first kappa shape index (κ1) is 19.9. The lowest BCUT2D eigenvalue weighted by Crippen LogP contribution is -2.54. The van der Waals surface area contributed by atoms with Crippen molar-refractivity contribution in [2.45, 2.75) is 57.4 Å². The second-order valence-corrected chi connectivity index (χ2v) is 9.15. The Bertz CT molecular complexity index is 895. The van der Waals surface area contributed by atoms with Crippen molar-refractivity contribution < 1.29 is 23.9 Å². The summed E-state index contributed by atoms with van der Waals surface area (Å²) in [4.78, 5) is 52.5. The molecule has 2 atom stereocenters. The first-order valence-corrected chi connectivity index (χ1v) is 10.9. The Hall–Kier alpha value is -2.42. The second-order valence-electron chi connectivity index (χ2n) is 8.04. The van der Waals surface area contributed by atoms with Gasteiger partial charge in [-0.15, -0.1) is 11.3 Å². The Morgan fingerprint density at radius 2 is 2.07 bits per heavy atom. The van der Waals surface area contributed by atoms with Crippen LogP contribution in [0.25, 0.3) is 0 Å². The molecule has 0 radical (unpaired) electrons. The van der Waals surface area contributed by atoms with E-state index < -0.39 is 23.4 Å². The SMILES string of the molecule is COC(=O)c1c(NC(=O)CN2C(=O)N[C@]3(CCCC[C@@H]3C)C2=O)sc2c1CCC2. The fraction of sp³-hybridized carbons (Fsp3) is 0.600. The number of methoxy groups -OCH3 is 1. The molecule has 0 bridgehead atoms. The van der Waals surface area contributed by atoms with Crippen LogP contribution < -0.4 is 10.6 Å². The Morgan fingerprint density at radius 3 is 2.79 bits per heavy atom. The lowest BCUT2D eigenvalue weighted by atomic mass is 9.73. The fourth-order valence-electron chi connectivity index (χ4n) is 4.76. The van der Waals surface area contributed by atoms with Crippen LogP contribution in [0.5, 0.6) is 0 Å². The number of hydrogen-bond donors (Lipinski definition) is 2. The maximum atomic E-state index is 13.0. The van der Waals surface area contributed by atoms with Crippen molar-refractivity contribution in [1.82, 2.24) is 10.2 Å². The third-order valence-electron chi connectivity index (χ3n) is 6.37. The van der Waals surface area contributed by atoms with Gasteiger partial charge in [0.2, 0.25) is 5.91 Å². The smallest absolute Gasteiger partial charge is 0.341 e. The van der Waals surface area contributed by atoms with Crippen molar-refractivity contribution in [2.75, 3.05) is 19.0 Å². The summed E-state index contributed by atoms with van der Waals surface area (Å²) in [6.07, 6.45) is 6.00. The molecular formula is C20H25N3O5S. The summed E-state index contributed by atoms with van der Waals surface area (Å²) < 4.78 is 4.88. The number of urea groups is 1. The van der Waals surface area contributed by atoms with E-state index in [9.17, 15) is 19.2 Å². The van der Waals surface area contributed by atoms with Gasteiger partial charge < -0.3 is 15.4 Å². The number of carbonyl (C=O) groups is 4. The second kappa shape index (κ2) is 7.44. The van der Waals surface area contributed by atoms with Crippen LogP contribution in [0.1, 0.15) is 59.8 Å². The molecule has 3 aliphatic rings. The first-order valence-electron chi connectivity index (χ1n) is 10.0. The highest BCUT2D eigenvalue weighted by molar-refractivity contribution is 7.17. The molecule has 2 fully saturated rings. The lowest BCUT2D eigenvalue weighted by molar-refractivity contribution is -0.136. The van der Waals surface area contributed by atoms with E-state index in [0.29, 0.717) is 17.0 Å². The van der Waals surface area contributed by atoms with Crippen molar-refractivity contribution in [2.24, 2.45) is 5.92 Å². The fourth-order valence-corrected chi connectivity index (χ4v) is 6.05. The van der Waals surface area contributed by atoms with Gasteiger partial charge in [-0.25, -0.2) is 9.59 Å². The molecule has 29 heavy (non-hydrogen) atoms. The van der Waals surface area contributed by atoms with Crippen molar-refractivity contribution >= 4 is 40.2 Å². The van der Waals surface area contributed by atoms with E-state index in [2.05, 4.69) is 10.6 Å². The van der Waals surface area contributed by atoms with E-state index in [1.165, 1.54) is 18.4 Å². The number of anilines is 1. The third kappa shape index (κ3) is 3.21. The van der Waals surface area contributed by atoms with Gasteiger partial charge in [0.15, 0.2) is 0 Å². The van der Waals surface area contributed by atoms with Crippen molar-refractivity contribution in [3.63, 3.8) is 0 Å². The number of imide groups is 1. The molecule has 4 amide bonds. The highest BCUT2D eigenvalue weighted by atomic mass is 32.1. The summed E-state index contributed by atoms with van der Waals surface area (Å²) in [6, 6.07) is -0.527. The standard InChI is InChI=1S/C20H25N3O5S/c1-11-6-3-4-9-20(11)18(26)23(19(27)22-20)10-14(24)21-16-15(17(25)28-2)12-7-5-8-13(12)29-16/h11H,3-10H2,1-2H3,(H,21,24)(H,22,27)/t11-,20-/m0/s1. The topological polar surface area (TPSA) is 105 Å². The highest BCUT2D eigenvalue weighted by Gasteiger charge is 2.55. The number of thiophene rings is 1. The van der Waals surface area contributed by atoms with Crippen molar-refractivity contribution in [3.8, 4) is 0 Å². The van der Waals surface area contributed by atoms with Crippen LogP contribution in [0, 0.1) is 5.92 Å². The minimum Gasteiger partial charge on any atom is -0.465 e. The van der Waals surface area contributed by atoms with E-state index in [-0.39, 0.29) is 18.4 Å². The number of nitrogens with one attached hydrogen (secondary N) is 2. The Morgan fingerprint density at radius 1 is 1.28 bits per heavy atom. The number of rotatable bonds is 4. The van der Waals surface area contributed by atoms with E-state index in [0.717, 1.165) is 53.9 Å². The van der Waals surface area contributed by atoms with Gasteiger partial charge in [-0.3, -0.25) is 14.5 Å². The summed E-state index contributed by atoms with van der Waals surface area (Å²) in [7, 11) is 1.31. The summed E-state index contributed by atoms with van der Waals surface area (Å²) >= 11 is 1.37. The molecule has 8 nitrogen and oxygen atoms in total. The molecule has 1 aromatic rings. The van der Waals surface area contributed by atoms with E-state index in [1.807, 2.05) is 6.92 Å². The Balaban J connectivity index is 1.50. The number of esters is 1. The van der Waals surface area contributed by atoms with Crippen molar-refractivity contribution in [3.05, 3.63) is 16.0 Å². The van der Waals surface area contributed by atoms with Gasteiger partial charge in [0.05, 0.1) is 12.7 Å². The molecule has 4 rings (SSSR count). The molecule has 0 unspecified atom stereocenters. The first-order chi connectivity index (χ1) is 13.9. The number of ether oxygens (including phenoxy) is 1. The Labute approximate surface area is 173 Å². The number of fused-ring (bicyclic) bond motifs is 1. The predicted octanol–water partition coefficient (Wildman–Crippen LogP) is 2.46. The molecule has 1 aliphatic heterocycles. The van der Waals surface area contributed by atoms with Gasteiger partial charge in [0, 0.05) is 4.88 Å². The number of amides is 4. The average molecular weight is 420 g/mol. The number of aryl methyl sites for hydroxylation is 1. The average Bonchev–Trinajstić information content (AvgIpc) is 3.33. The maximum Gasteiger partial charge on any atom is 0.341 e. The molecular weight excluding hydrogens is 394 g/mol. The maximum absolute atomic E-state index is 13.0. The van der Waals surface area contributed by atoms with E-state index >= 15 is 0 Å². The monoisotopic (exact) mass is 419 g/mol. The van der Waals surface area contributed by atoms with Gasteiger partial charge >= 0.3 is 12.0 Å². The lowest BCUT2D eigenvalue weighted by Gasteiger charge is -2.36. The van der Waals surface area contributed by atoms with Gasteiger partial charge in [-0.2, -0.15) is 0 Å². The van der Waals surface area contributed by atoms with Crippen LogP contribution in [-0.2, 0) is 27.2 Å². The van der Waals surface area contributed by atoms with Crippen LogP contribution in [0.2, 0.25) is 0 Å². The minimum atomic E-state index is -0.892. The molecule has 156 valence electrons. The zero-order valence-electron chi connectivity index (χ0n) is 16.6. The van der Waals surface area contributed by atoms with Gasteiger partial charge in [-0.05, 0) is 43.6 Å². The largest absolute Gasteiger partial charge is 0.465 e. The molecule has 2 heterocycles. The van der Waals surface area contributed by atoms with Crippen LogP contribution in [0.3, 0.4) is 0 Å². The summed E-state index contributed by atoms with van der Waals surface area (Å²) in [6.45, 7) is 1.60. The van der Waals surface area contributed by atoms with E-state index in [4.69, 9.17) is 4.74 Å². The van der Waals surface area contributed by atoms with Crippen LogP contribution in [-0.4, -0.2) is 47.9 Å². The molecule has 1 spiro atoms. The zero-order chi connectivity index (χ0) is 20.8. The van der Waals surface area contributed by atoms with Crippen molar-refractivity contribution in [1.29, 1.82) is 0 Å². The van der Waals surface area contributed by atoms with Gasteiger partial charge in [-0.1, -0.05) is 19.8 Å². The summed E-state index contributed by atoms with van der Waals surface area (Å²) in [5, 5.41) is 6.00. The van der Waals surface area contributed by atoms with Gasteiger partial charge in [0.1, 0.15) is 17.1 Å². The van der Waals surface area contributed by atoms with Crippen LogP contribution in [0.4, 0.5) is 9.80 Å². The number of nitrogens with zero attached hydrogens (tertiary/aromatic N) is 1. The normalized spacial score (nSPS) is 25.9. The predicted molar refractivity (Wildman–Crippen MR) is 107 cm³/mol. The molecule has 9 heteroatoms. The zero-order valence-corrected chi connectivity index (χ0v) is 17.4. The highest BCUT2D eigenvalue weighted by Crippen LogP contribution is 2.40. The molecule has 2 N–H and O–H groups in total. The van der Waals surface area contributed by atoms with E-state index in [1.54, 1.807) is 0 Å². The quantitative estimate of drug-likeness (QED) is 0.576. The summed E-state index contributed by atoms with van der Waals surface area (Å²) in [5.41, 5.74) is 0.437. The Kier molecular flexibility index (Phi) is 5.10. The molecule has 1 saturated carbocycles. The van der Waals surface area contributed by atoms with Crippen LogP contribution in [0.15, 0.2) is 0 Å². The number of carbonyl (C=O) groups excluding carboxylic acids is 4. The molecule has 1 aromatic heterocycles. The van der Waals surface area contributed by atoms with Gasteiger partial charge in [0.25, 0.3) is 5.91 Å². The molecule has 2 aliphatic carbocycles. The number of hydrogen-bond acceptors (Lipinski definition) is 6. The minimum absolute atomic E-state index is 0.0342. The summed E-state index contributed by atoms with van der Waals surface area (Å²) in [5.74, 6) is -1.28. The van der Waals surface area contributed by atoms with Crippen LogP contribution >= 0.6 is 11.3 Å². The molecule has 0 aromatic carbocycles. The molecule has 1 saturated heterocycles.